The number of methoxy groups -OCH3 is 1. The van der Waals surface area contributed by atoms with Crippen LogP contribution in [0.1, 0.15) is 34.7 Å². The van der Waals surface area contributed by atoms with E-state index < -0.39 is 0 Å². The number of rotatable bonds is 5. The maximum Gasteiger partial charge on any atom is 0.231 e. The lowest BCUT2D eigenvalue weighted by Gasteiger charge is -2.29. The second kappa shape index (κ2) is 8.87. The van der Waals surface area contributed by atoms with Crippen LogP contribution in [0.4, 0.5) is 5.69 Å². The summed E-state index contributed by atoms with van der Waals surface area (Å²) in [6, 6.07) is 21.9. The number of nitrogens with zero attached hydrogens (tertiary/aromatic N) is 3. The number of hydrogen-bond acceptors (Lipinski definition) is 5. The van der Waals surface area contributed by atoms with E-state index in [1.807, 2.05) is 60.8 Å². The third-order valence-electron chi connectivity index (χ3n) is 6.85. The maximum atomic E-state index is 5.91. The molecule has 0 aliphatic carbocycles. The fourth-order valence-electron chi connectivity index (χ4n) is 5.27. The number of hydrogen-bond donors (Lipinski definition) is 1. The predicted molar refractivity (Wildman–Crippen MR) is 142 cm³/mol. The van der Waals surface area contributed by atoms with Gasteiger partial charge in [-0.1, -0.05) is 18.2 Å². The minimum Gasteiger partial charge on any atom is -0.495 e. The van der Waals surface area contributed by atoms with Gasteiger partial charge in [-0.15, -0.1) is 0 Å². The molecule has 8 heteroatoms. The normalized spacial score (nSPS) is 18.4. The van der Waals surface area contributed by atoms with Crippen LogP contribution in [0, 0.1) is 13.8 Å². The number of benzene rings is 2. The van der Waals surface area contributed by atoms with E-state index in [4.69, 9.17) is 26.4 Å². The Morgan fingerprint density at radius 3 is 2.61 bits per heavy atom. The van der Waals surface area contributed by atoms with Crippen LogP contribution >= 0.6 is 12.2 Å². The molecule has 0 spiro atoms. The molecule has 1 saturated heterocycles. The molecule has 0 bridgehead atoms. The van der Waals surface area contributed by atoms with E-state index in [9.17, 15) is 0 Å². The lowest BCUT2D eigenvalue weighted by atomic mass is 9.96. The molecule has 182 valence electrons. The maximum absolute atomic E-state index is 5.91. The molecule has 2 atom stereocenters. The first-order valence-electron chi connectivity index (χ1n) is 11.8. The van der Waals surface area contributed by atoms with Gasteiger partial charge < -0.3 is 29.0 Å². The van der Waals surface area contributed by atoms with Crippen molar-refractivity contribution in [1.82, 2.24) is 14.9 Å². The van der Waals surface area contributed by atoms with Gasteiger partial charge in [-0.05, 0) is 74.1 Å². The van der Waals surface area contributed by atoms with Crippen molar-refractivity contribution in [2.45, 2.75) is 25.9 Å². The zero-order valence-electron chi connectivity index (χ0n) is 20.3. The van der Waals surface area contributed by atoms with Crippen LogP contribution in [0.5, 0.6) is 17.2 Å². The fourth-order valence-corrected chi connectivity index (χ4v) is 5.61. The summed E-state index contributed by atoms with van der Waals surface area (Å²) < 4.78 is 19.1. The van der Waals surface area contributed by atoms with Gasteiger partial charge >= 0.3 is 0 Å². The largest absolute Gasteiger partial charge is 0.495 e. The molecule has 0 radical (unpaired) electrons. The van der Waals surface area contributed by atoms with Crippen molar-refractivity contribution < 1.29 is 14.2 Å². The molecule has 1 N–H and O–H groups in total. The molecule has 0 amide bonds. The molecule has 6 rings (SSSR count). The quantitative estimate of drug-likeness (QED) is 0.370. The molecule has 2 aliphatic rings. The molecule has 2 aromatic carbocycles. The molecule has 2 aliphatic heterocycles. The summed E-state index contributed by atoms with van der Waals surface area (Å²) in [7, 11) is 1.68. The minimum absolute atomic E-state index is 0.141. The number of anilines is 1. The Bertz CT molecular complexity index is 1450. The fraction of sp³-hybridized carbons (Fsp3) is 0.214. The number of pyridine rings is 1. The Labute approximate surface area is 215 Å². The van der Waals surface area contributed by atoms with Crippen LogP contribution in [0.15, 0.2) is 72.9 Å². The summed E-state index contributed by atoms with van der Waals surface area (Å²) in [4.78, 5) is 6.83. The van der Waals surface area contributed by atoms with Crippen molar-refractivity contribution in [3.05, 3.63) is 95.6 Å². The van der Waals surface area contributed by atoms with E-state index >= 15 is 0 Å². The number of aryl methyl sites for hydroxylation is 1. The second-order valence-electron chi connectivity index (χ2n) is 8.87. The van der Waals surface area contributed by atoms with Crippen LogP contribution in [0.25, 0.3) is 5.69 Å². The van der Waals surface area contributed by atoms with E-state index in [0.29, 0.717) is 5.11 Å². The summed E-state index contributed by atoms with van der Waals surface area (Å²) in [5.41, 5.74) is 6.23. The van der Waals surface area contributed by atoms with E-state index in [2.05, 4.69) is 45.7 Å². The van der Waals surface area contributed by atoms with Gasteiger partial charge in [0.05, 0.1) is 30.6 Å². The van der Waals surface area contributed by atoms with Gasteiger partial charge in [0.2, 0.25) is 6.79 Å². The first kappa shape index (κ1) is 22.4. The Morgan fingerprint density at radius 1 is 1.00 bits per heavy atom. The SMILES string of the molecule is COc1ccccc1N1C(=S)N[C@H](c2ccccn2)[C@H]1c1cc(C)n(-c2ccc3c(c2)OCO3)c1C. The molecule has 0 saturated carbocycles. The highest BCUT2D eigenvalue weighted by Gasteiger charge is 2.43. The molecular formula is C28H26N4O3S. The van der Waals surface area contributed by atoms with E-state index in [1.54, 1.807) is 7.11 Å². The minimum atomic E-state index is -0.144. The highest BCUT2D eigenvalue weighted by atomic mass is 32.1. The first-order valence-corrected chi connectivity index (χ1v) is 12.2. The third-order valence-corrected chi connectivity index (χ3v) is 7.16. The van der Waals surface area contributed by atoms with E-state index in [-0.39, 0.29) is 18.9 Å². The Hall–Kier alpha value is -4.04. The summed E-state index contributed by atoms with van der Waals surface area (Å²) >= 11 is 5.91. The second-order valence-corrected chi connectivity index (χ2v) is 9.25. The molecular weight excluding hydrogens is 472 g/mol. The zero-order valence-corrected chi connectivity index (χ0v) is 21.1. The van der Waals surface area contributed by atoms with Crippen molar-refractivity contribution in [3.63, 3.8) is 0 Å². The molecule has 36 heavy (non-hydrogen) atoms. The van der Waals surface area contributed by atoms with E-state index in [0.717, 1.165) is 51.3 Å². The highest BCUT2D eigenvalue weighted by molar-refractivity contribution is 7.80. The smallest absolute Gasteiger partial charge is 0.231 e. The monoisotopic (exact) mass is 498 g/mol. The first-order chi connectivity index (χ1) is 17.6. The van der Waals surface area contributed by atoms with Crippen molar-refractivity contribution in [1.29, 1.82) is 0 Å². The lowest BCUT2D eigenvalue weighted by molar-refractivity contribution is 0.174. The molecule has 7 nitrogen and oxygen atoms in total. The Kier molecular flexibility index (Phi) is 5.53. The number of ether oxygens (including phenoxy) is 3. The molecule has 0 unspecified atom stereocenters. The van der Waals surface area contributed by atoms with Crippen molar-refractivity contribution >= 4 is 23.0 Å². The van der Waals surface area contributed by atoms with Gasteiger partial charge in [0.1, 0.15) is 5.75 Å². The summed E-state index contributed by atoms with van der Waals surface area (Å²) in [6.07, 6.45) is 1.82. The van der Waals surface area contributed by atoms with Crippen molar-refractivity contribution in [2.24, 2.45) is 0 Å². The molecule has 4 heterocycles. The predicted octanol–water partition coefficient (Wildman–Crippen LogP) is 5.40. The van der Waals surface area contributed by atoms with Gasteiger partial charge in [0.15, 0.2) is 16.6 Å². The topological polar surface area (TPSA) is 60.8 Å². The number of thiocarbonyl (C=S) groups is 1. The number of para-hydroxylation sites is 2. The van der Waals surface area contributed by atoms with Crippen LogP contribution < -0.4 is 24.4 Å². The average molecular weight is 499 g/mol. The van der Waals surface area contributed by atoms with Gasteiger partial charge in [0, 0.05) is 29.3 Å². The summed E-state index contributed by atoms with van der Waals surface area (Å²) in [5.74, 6) is 2.29. The Morgan fingerprint density at radius 2 is 1.81 bits per heavy atom. The molecule has 1 fully saturated rings. The van der Waals surface area contributed by atoms with Crippen LogP contribution in [0.3, 0.4) is 0 Å². The van der Waals surface area contributed by atoms with Crippen LogP contribution in [-0.4, -0.2) is 28.6 Å². The number of nitrogens with one attached hydrogen (secondary N) is 1. The highest BCUT2D eigenvalue weighted by Crippen LogP contribution is 2.46. The van der Waals surface area contributed by atoms with Crippen LogP contribution in [-0.2, 0) is 0 Å². The van der Waals surface area contributed by atoms with Crippen molar-refractivity contribution in [2.75, 3.05) is 18.8 Å². The summed E-state index contributed by atoms with van der Waals surface area (Å²) in [5, 5.41) is 4.17. The van der Waals surface area contributed by atoms with Crippen molar-refractivity contribution in [3.8, 4) is 22.9 Å². The lowest BCUT2D eigenvalue weighted by Crippen LogP contribution is -2.30. The van der Waals surface area contributed by atoms with Gasteiger partial charge in [-0.3, -0.25) is 4.98 Å². The van der Waals surface area contributed by atoms with Crippen LogP contribution in [0.2, 0.25) is 0 Å². The number of fused-ring (bicyclic) bond motifs is 1. The standard InChI is InChI=1S/C28H26N4O3S/c1-17-14-20(18(2)31(17)19-11-12-24-25(15-19)35-16-34-24)27-26(21-8-6-7-13-29-21)30-28(36)32(27)22-9-4-5-10-23(22)33-3/h4-15,26-27H,16H2,1-3H3,(H,30,36)/t26-,27-/m1/s1. The molecule has 4 aromatic rings. The number of aromatic nitrogens is 2. The Balaban J connectivity index is 1.52. The molecule has 2 aromatic heterocycles. The van der Waals surface area contributed by atoms with Gasteiger partial charge in [-0.25, -0.2) is 0 Å². The average Bonchev–Trinajstić information content (AvgIpc) is 3.59. The summed E-state index contributed by atoms with van der Waals surface area (Å²) in [6.45, 7) is 4.51. The van der Waals surface area contributed by atoms with E-state index in [1.165, 1.54) is 0 Å². The zero-order chi connectivity index (χ0) is 24.8. The van der Waals surface area contributed by atoms with Gasteiger partial charge in [0.25, 0.3) is 0 Å². The van der Waals surface area contributed by atoms with Gasteiger partial charge in [-0.2, -0.15) is 0 Å². The third kappa shape index (κ3) is 3.56.